The van der Waals surface area contributed by atoms with Crippen LogP contribution in [-0.2, 0) is 0 Å². The second-order valence-electron chi connectivity index (χ2n) is 5.49. The molecule has 4 heteroatoms. The van der Waals surface area contributed by atoms with Gasteiger partial charge in [0, 0.05) is 6.04 Å². The summed E-state index contributed by atoms with van der Waals surface area (Å²) >= 11 is 0. The monoisotopic (exact) mass is 278 g/mol. The lowest BCUT2D eigenvalue weighted by Crippen LogP contribution is -2.27. The summed E-state index contributed by atoms with van der Waals surface area (Å²) in [5.74, 6) is 0.956. The van der Waals surface area contributed by atoms with Gasteiger partial charge in [-0.25, -0.2) is 4.79 Å². The van der Waals surface area contributed by atoms with Crippen molar-refractivity contribution in [3.8, 4) is 5.75 Å². The van der Waals surface area contributed by atoms with Crippen molar-refractivity contribution in [2.45, 2.75) is 45.1 Å². The lowest BCUT2D eigenvalue weighted by molar-refractivity contribution is 0.209. The molecule has 2 N–H and O–H groups in total. The first-order valence-electron chi connectivity index (χ1n) is 7.18. The molecule has 0 radical (unpaired) electrons. The quantitative estimate of drug-likeness (QED) is 0.832. The highest BCUT2D eigenvalue weighted by atomic mass is 16.5. The summed E-state index contributed by atoms with van der Waals surface area (Å²) in [6.45, 7) is 4.38. The summed E-state index contributed by atoms with van der Waals surface area (Å²) in [6.07, 6.45) is 2.43. The molecule has 2 atom stereocenters. The number of carbonyl (C=O) groups excluding carboxylic acids is 1. The SMILES string of the molecule is CCCC(CC(C)N(C)C)c1ccccc1OC(N)=O. The summed E-state index contributed by atoms with van der Waals surface area (Å²) in [5, 5.41) is 0. The molecule has 112 valence electrons. The maximum Gasteiger partial charge on any atom is 0.409 e. The Morgan fingerprint density at radius 2 is 2.00 bits per heavy atom. The summed E-state index contributed by atoms with van der Waals surface area (Å²) in [4.78, 5) is 13.2. The van der Waals surface area contributed by atoms with Crippen molar-refractivity contribution in [3.05, 3.63) is 29.8 Å². The predicted octanol–water partition coefficient (Wildman–Crippen LogP) is 3.37. The van der Waals surface area contributed by atoms with Crippen LogP contribution in [0.2, 0.25) is 0 Å². The molecule has 0 aliphatic carbocycles. The molecular formula is C16H26N2O2. The van der Waals surface area contributed by atoms with Crippen LogP contribution in [0, 0.1) is 0 Å². The van der Waals surface area contributed by atoms with Gasteiger partial charge in [-0.2, -0.15) is 0 Å². The van der Waals surface area contributed by atoms with Gasteiger partial charge in [-0.3, -0.25) is 0 Å². The standard InChI is InChI=1S/C16H26N2O2/c1-5-8-13(11-12(2)18(3)4)14-9-6-7-10-15(14)20-16(17)19/h6-7,9-10,12-13H,5,8,11H2,1-4H3,(H2,17,19). The minimum Gasteiger partial charge on any atom is -0.410 e. The van der Waals surface area contributed by atoms with E-state index in [9.17, 15) is 4.79 Å². The van der Waals surface area contributed by atoms with Crippen molar-refractivity contribution in [2.24, 2.45) is 5.73 Å². The van der Waals surface area contributed by atoms with Gasteiger partial charge in [-0.1, -0.05) is 31.5 Å². The van der Waals surface area contributed by atoms with Crippen LogP contribution in [0.5, 0.6) is 5.75 Å². The van der Waals surface area contributed by atoms with Gasteiger partial charge in [0.2, 0.25) is 0 Å². The Morgan fingerprint density at radius 3 is 2.55 bits per heavy atom. The maximum atomic E-state index is 11.0. The number of hydrogen-bond acceptors (Lipinski definition) is 3. The second kappa shape index (κ2) is 7.90. The predicted molar refractivity (Wildman–Crippen MR) is 82.1 cm³/mol. The Balaban J connectivity index is 2.98. The van der Waals surface area contributed by atoms with Crippen molar-refractivity contribution in [1.29, 1.82) is 0 Å². The number of hydrogen-bond donors (Lipinski definition) is 1. The van der Waals surface area contributed by atoms with E-state index in [-0.39, 0.29) is 0 Å². The highest BCUT2D eigenvalue weighted by molar-refractivity contribution is 5.68. The number of benzene rings is 1. The average molecular weight is 278 g/mol. The third kappa shape index (κ3) is 4.85. The summed E-state index contributed by atoms with van der Waals surface area (Å²) in [6, 6.07) is 8.14. The van der Waals surface area contributed by atoms with E-state index in [4.69, 9.17) is 10.5 Å². The van der Waals surface area contributed by atoms with E-state index < -0.39 is 6.09 Å². The van der Waals surface area contributed by atoms with Crippen LogP contribution in [0.1, 0.15) is 44.6 Å². The Labute approximate surface area is 121 Å². The first-order chi connectivity index (χ1) is 9.45. The molecular weight excluding hydrogens is 252 g/mol. The lowest BCUT2D eigenvalue weighted by Gasteiger charge is -2.26. The van der Waals surface area contributed by atoms with Crippen molar-refractivity contribution in [2.75, 3.05) is 14.1 Å². The van der Waals surface area contributed by atoms with Gasteiger partial charge in [-0.15, -0.1) is 0 Å². The van der Waals surface area contributed by atoms with E-state index in [1.165, 1.54) is 0 Å². The fraction of sp³-hybridized carbons (Fsp3) is 0.562. The van der Waals surface area contributed by atoms with E-state index >= 15 is 0 Å². The molecule has 0 saturated heterocycles. The number of rotatable bonds is 7. The van der Waals surface area contributed by atoms with Crippen LogP contribution >= 0.6 is 0 Å². The lowest BCUT2D eigenvalue weighted by atomic mass is 9.88. The largest absolute Gasteiger partial charge is 0.410 e. The fourth-order valence-corrected chi connectivity index (χ4v) is 2.39. The van der Waals surface area contributed by atoms with E-state index in [1.807, 2.05) is 24.3 Å². The van der Waals surface area contributed by atoms with E-state index in [0.29, 0.717) is 17.7 Å². The fourth-order valence-electron chi connectivity index (χ4n) is 2.39. The molecule has 0 heterocycles. The van der Waals surface area contributed by atoms with Crippen LogP contribution in [0.25, 0.3) is 0 Å². The van der Waals surface area contributed by atoms with Gasteiger partial charge >= 0.3 is 6.09 Å². The van der Waals surface area contributed by atoms with E-state index in [0.717, 1.165) is 24.8 Å². The Morgan fingerprint density at radius 1 is 1.35 bits per heavy atom. The van der Waals surface area contributed by atoms with Crippen LogP contribution in [0.4, 0.5) is 4.79 Å². The second-order valence-corrected chi connectivity index (χ2v) is 5.49. The first-order valence-corrected chi connectivity index (χ1v) is 7.18. The number of nitrogens with zero attached hydrogens (tertiary/aromatic N) is 1. The average Bonchev–Trinajstić information content (AvgIpc) is 2.38. The topological polar surface area (TPSA) is 55.6 Å². The first kappa shape index (κ1) is 16.5. The van der Waals surface area contributed by atoms with Crippen molar-refractivity contribution in [1.82, 2.24) is 4.90 Å². The molecule has 2 unspecified atom stereocenters. The number of nitrogens with two attached hydrogens (primary N) is 1. The molecule has 0 fully saturated rings. The molecule has 1 aromatic rings. The summed E-state index contributed by atoms with van der Waals surface area (Å²) in [7, 11) is 4.17. The van der Waals surface area contributed by atoms with Gasteiger partial charge in [0.05, 0.1) is 0 Å². The Hall–Kier alpha value is -1.55. The van der Waals surface area contributed by atoms with Gasteiger partial charge in [0.15, 0.2) is 0 Å². The highest BCUT2D eigenvalue weighted by Gasteiger charge is 2.20. The molecule has 0 aromatic heterocycles. The number of amides is 1. The van der Waals surface area contributed by atoms with Gasteiger partial charge in [0.1, 0.15) is 5.75 Å². The smallest absolute Gasteiger partial charge is 0.409 e. The number of carbonyl (C=O) groups is 1. The number of ether oxygens (including phenoxy) is 1. The summed E-state index contributed by atoms with van der Waals surface area (Å²) < 4.78 is 5.14. The molecule has 4 nitrogen and oxygen atoms in total. The molecule has 0 bridgehead atoms. The molecule has 0 spiro atoms. The van der Waals surface area contributed by atoms with Crippen LogP contribution in [0.15, 0.2) is 24.3 Å². The molecule has 1 aromatic carbocycles. The van der Waals surface area contributed by atoms with Crippen LogP contribution < -0.4 is 10.5 Å². The molecule has 1 amide bonds. The van der Waals surface area contributed by atoms with Crippen LogP contribution in [-0.4, -0.2) is 31.1 Å². The van der Waals surface area contributed by atoms with Crippen molar-refractivity contribution >= 4 is 6.09 Å². The zero-order valence-corrected chi connectivity index (χ0v) is 12.9. The highest BCUT2D eigenvalue weighted by Crippen LogP contribution is 2.33. The summed E-state index contributed by atoms with van der Waals surface area (Å²) in [5.41, 5.74) is 6.22. The van der Waals surface area contributed by atoms with Crippen LogP contribution in [0.3, 0.4) is 0 Å². The van der Waals surface area contributed by atoms with Gasteiger partial charge in [0.25, 0.3) is 0 Å². The third-order valence-electron chi connectivity index (χ3n) is 3.71. The van der Waals surface area contributed by atoms with Gasteiger partial charge < -0.3 is 15.4 Å². The zero-order valence-electron chi connectivity index (χ0n) is 12.9. The molecule has 1 rings (SSSR count). The zero-order chi connectivity index (χ0) is 15.1. The molecule has 20 heavy (non-hydrogen) atoms. The molecule has 0 aliphatic rings. The normalized spacial score (nSPS) is 14.1. The molecule has 0 saturated carbocycles. The van der Waals surface area contributed by atoms with E-state index in [1.54, 1.807) is 0 Å². The number of primary amides is 1. The minimum atomic E-state index is -0.756. The number of para-hydroxylation sites is 1. The van der Waals surface area contributed by atoms with Gasteiger partial charge in [-0.05, 0) is 51.4 Å². The molecule has 0 aliphatic heterocycles. The third-order valence-corrected chi connectivity index (χ3v) is 3.71. The Kier molecular flexibility index (Phi) is 6.52. The van der Waals surface area contributed by atoms with Crippen molar-refractivity contribution in [3.63, 3.8) is 0 Å². The van der Waals surface area contributed by atoms with Crippen molar-refractivity contribution < 1.29 is 9.53 Å². The maximum absolute atomic E-state index is 11.0. The van der Waals surface area contributed by atoms with E-state index in [2.05, 4.69) is 32.8 Å². The Bertz CT molecular complexity index is 432. The minimum absolute atomic E-state index is 0.368.